The molecule has 1 aliphatic heterocycles. The molecule has 1 heterocycles. The molecule has 6 nitrogen and oxygen atoms in total. The van der Waals surface area contributed by atoms with Crippen molar-refractivity contribution in [3.8, 4) is 5.75 Å². The van der Waals surface area contributed by atoms with Crippen LogP contribution in [0.1, 0.15) is 43.4 Å². The molecule has 0 spiro atoms. The number of hydrogen-bond acceptors (Lipinski definition) is 4. The van der Waals surface area contributed by atoms with E-state index in [4.69, 9.17) is 16.3 Å². The average Bonchev–Trinajstić information content (AvgIpc) is 2.77. The van der Waals surface area contributed by atoms with Gasteiger partial charge in [-0.05, 0) is 67.6 Å². The van der Waals surface area contributed by atoms with Crippen molar-refractivity contribution in [1.82, 2.24) is 9.62 Å². The Bertz CT molecular complexity index is 1020. The Hall–Kier alpha value is -2.09. The van der Waals surface area contributed by atoms with Crippen LogP contribution in [-0.2, 0) is 14.8 Å². The highest BCUT2D eigenvalue weighted by Crippen LogP contribution is 2.27. The van der Waals surface area contributed by atoms with E-state index in [1.165, 1.54) is 16.4 Å². The molecule has 31 heavy (non-hydrogen) atoms. The molecule has 3 rings (SSSR count). The summed E-state index contributed by atoms with van der Waals surface area (Å²) in [6, 6.07) is 12.0. The minimum atomic E-state index is -3.58. The van der Waals surface area contributed by atoms with Crippen LogP contribution in [0.2, 0.25) is 5.02 Å². The van der Waals surface area contributed by atoms with Crippen LogP contribution < -0.4 is 10.1 Å². The number of nitrogens with zero attached hydrogens (tertiary/aromatic N) is 1. The summed E-state index contributed by atoms with van der Waals surface area (Å²) in [7, 11) is -1.94. The van der Waals surface area contributed by atoms with Gasteiger partial charge in [0.1, 0.15) is 5.75 Å². The number of rotatable bonds is 7. The van der Waals surface area contributed by atoms with Crippen molar-refractivity contribution in [3.05, 3.63) is 58.6 Å². The van der Waals surface area contributed by atoms with Crippen LogP contribution in [0.25, 0.3) is 0 Å². The lowest BCUT2D eigenvalue weighted by atomic mass is 9.95. The number of carbonyl (C=O) groups excluding carboxylic acids is 1. The van der Waals surface area contributed by atoms with E-state index < -0.39 is 10.0 Å². The number of methoxy groups -OCH3 is 1. The zero-order valence-electron chi connectivity index (χ0n) is 18.1. The predicted molar refractivity (Wildman–Crippen MR) is 122 cm³/mol. The van der Waals surface area contributed by atoms with Gasteiger partial charge in [-0.2, -0.15) is 4.31 Å². The molecule has 0 bridgehead atoms. The molecular weight excluding hydrogens is 436 g/mol. The fraction of sp³-hybridized carbons (Fsp3) is 0.435. The zero-order chi connectivity index (χ0) is 22.6. The maximum atomic E-state index is 12.9. The molecule has 2 aromatic rings. The van der Waals surface area contributed by atoms with E-state index in [-0.39, 0.29) is 22.8 Å². The number of carbonyl (C=O) groups is 1. The van der Waals surface area contributed by atoms with Gasteiger partial charge >= 0.3 is 0 Å². The van der Waals surface area contributed by atoms with Gasteiger partial charge in [-0.3, -0.25) is 4.79 Å². The van der Waals surface area contributed by atoms with Crippen LogP contribution in [0.5, 0.6) is 5.75 Å². The third-order valence-corrected chi connectivity index (χ3v) is 7.99. The first-order chi connectivity index (χ1) is 14.8. The molecule has 2 aromatic carbocycles. The first kappa shape index (κ1) is 23.6. The number of amides is 1. The van der Waals surface area contributed by atoms with E-state index in [1.807, 2.05) is 32.0 Å². The largest absolute Gasteiger partial charge is 0.496 e. The summed E-state index contributed by atoms with van der Waals surface area (Å²) in [5, 5.41) is 3.64. The summed E-state index contributed by atoms with van der Waals surface area (Å²) >= 11 is 5.86. The van der Waals surface area contributed by atoms with Crippen molar-refractivity contribution in [2.24, 2.45) is 5.92 Å². The lowest BCUT2D eigenvalue weighted by molar-refractivity contribution is -0.126. The number of ether oxygens (including phenoxy) is 1. The molecule has 0 unspecified atom stereocenters. The summed E-state index contributed by atoms with van der Waals surface area (Å²) in [5.41, 5.74) is 2.06. The maximum absolute atomic E-state index is 12.9. The highest BCUT2D eigenvalue weighted by atomic mass is 35.5. The third-order valence-electron chi connectivity index (χ3n) is 5.82. The molecule has 1 atom stereocenters. The Labute approximate surface area is 189 Å². The lowest BCUT2D eigenvalue weighted by Gasteiger charge is -2.31. The average molecular weight is 465 g/mol. The normalized spacial score (nSPS) is 16.6. The van der Waals surface area contributed by atoms with Crippen molar-refractivity contribution in [2.75, 3.05) is 20.2 Å². The fourth-order valence-corrected chi connectivity index (χ4v) is 5.54. The molecular formula is C23H29ClN2O4S. The van der Waals surface area contributed by atoms with Gasteiger partial charge in [0, 0.05) is 24.0 Å². The summed E-state index contributed by atoms with van der Waals surface area (Å²) in [4.78, 5) is 13.1. The lowest BCUT2D eigenvalue weighted by Crippen LogP contribution is -2.43. The molecule has 1 saturated heterocycles. The second-order valence-electron chi connectivity index (χ2n) is 7.83. The number of nitrogens with one attached hydrogen (secondary N) is 1. The van der Waals surface area contributed by atoms with Crippen LogP contribution >= 0.6 is 11.6 Å². The first-order valence-corrected chi connectivity index (χ1v) is 12.3. The molecule has 0 aliphatic carbocycles. The molecule has 8 heteroatoms. The topological polar surface area (TPSA) is 75.7 Å². The summed E-state index contributed by atoms with van der Waals surface area (Å²) < 4.78 is 32.4. The third kappa shape index (κ3) is 5.40. The van der Waals surface area contributed by atoms with Gasteiger partial charge < -0.3 is 10.1 Å². The Kier molecular flexibility index (Phi) is 7.62. The van der Waals surface area contributed by atoms with E-state index in [1.54, 1.807) is 19.2 Å². The number of hydrogen-bond donors (Lipinski definition) is 1. The number of benzene rings is 2. The van der Waals surface area contributed by atoms with Crippen LogP contribution in [-0.4, -0.2) is 38.8 Å². The molecule has 1 N–H and O–H groups in total. The molecule has 0 saturated carbocycles. The molecule has 1 amide bonds. The first-order valence-electron chi connectivity index (χ1n) is 10.5. The molecule has 1 aliphatic rings. The van der Waals surface area contributed by atoms with Gasteiger partial charge in [-0.25, -0.2) is 8.42 Å². The number of aryl methyl sites for hydroxylation is 1. The van der Waals surface area contributed by atoms with E-state index in [0.717, 1.165) is 23.3 Å². The number of sulfonamides is 1. The highest BCUT2D eigenvalue weighted by Gasteiger charge is 2.32. The van der Waals surface area contributed by atoms with Gasteiger partial charge in [-0.1, -0.05) is 30.7 Å². The van der Waals surface area contributed by atoms with Crippen molar-refractivity contribution >= 4 is 27.5 Å². The van der Waals surface area contributed by atoms with Gasteiger partial charge in [0.25, 0.3) is 0 Å². The second kappa shape index (κ2) is 10.0. The van der Waals surface area contributed by atoms with Crippen molar-refractivity contribution < 1.29 is 17.9 Å². The van der Waals surface area contributed by atoms with Crippen LogP contribution in [0.4, 0.5) is 0 Å². The fourth-order valence-electron chi connectivity index (χ4n) is 3.94. The monoisotopic (exact) mass is 464 g/mol. The second-order valence-corrected chi connectivity index (χ2v) is 10.2. The minimum Gasteiger partial charge on any atom is -0.496 e. The van der Waals surface area contributed by atoms with Crippen LogP contribution in [0.15, 0.2) is 47.4 Å². The molecule has 1 fully saturated rings. The summed E-state index contributed by atoms with van der Waals surface area (Å²) in [6.45, 7) is 4.66. The Morgan fingerprint density at radius 1 is 1.19 bits per heavy atom. The highest BCUT2D eigenvalue weighted by molar-refractivity contribution is 7.89. The Morgan fingerprint density at radius 2 is 1.84 bits per heavy atom. The Balaban J connectivity index is 1.61. The van der Waals surface area contributed by atoms with E-state index in [9.17, 15) is 13.2 Å². The zero-order valence-corrected chi connectivity index (χ0v) is 19.7. The minimum absolute atomic E-state index is 0.0242. The summed E-state index contributed by atoms with van der Waals surface area (Å²) in [6.07, 6.45) is 1.76. The number of halogens is 1. The quantitative estimate of drug-likeness (QED) is 0.661. The number of piperidine rings is 1. The SMILES string of the molecule is CC[C@H](NC(=O)C1CCN(S(=O)(=O)c2ccc(Cl)cc2)CC1)c1ccc(OC)c(C)c1. The van der Waals surface area contributed by atoms with Gasteiger partial charge in [0.15, 0.2) is 0 Å². The van der Waals surface area contributed by atoms with Gasteiger partial charge in [0.2, 0.25) is 15.9 Å². The van der Waals surface area contributed by atoms with Crippen molar-refractivity contribution in [1.29, 1.82) is 0 Å². The smallest absolute Gasteiger partial charge is 0.243 e. The van der Waals surface area contributed by atoms with E-state index >= 15 is 0 Å². The standard InChI is InChI=1S/C23H29ClN2O4S/c1-4-21(18-5-10-22(30-3)16(2)15-18)25-23(27)17-11-13-26(14-12-17)31(28,29)20-8-6-19(24)7-9-20/h5-10,15,17,21H,4,11-14H2,1-3H3,(H,25,27)/t21-/m0/s1. The van der Waals surface area contributed by atoms with E-state index in [0.29, 0.717) is 31.0 Å². The Morgan fingerprint density at radius 3 is 2.39 bits per heavy atom. The predicted octanol–water partition coefficient (Wildman–Crippen LogP) is 4.33. The summed E-state index contributed by atoms with van der Waals surface area (Å²) in [5.74, 6) is 0.591. The molecule has 0 radical (unpaired) electrons. The maximum Gasteiger partial charge on any atom is 0.243 e. The molecule has 168 valence electrons. The van der Waals surface area contributed by atoms with Crippen molar-refractivity contribution in [3.63, 3.8) is 0 Å². The van der Waals surface area contributed by atoms with Crippen molar-refractivity contribution in [2.45, 2.75) is 44.0 Å². The molecule has 0 aromatic heterocycles. The van der Waals surface area contributed by atoms with Gasteiger partial charge in [-0.15, -0.1) is 0 Å². The van der Waals surface area contributed by atoms with Crippen LogP contribution in [0.3, 0.4) is 0 Å². The van der Waals surface area contributed by atoms with E-state index in [2.05, 4.69) is 5.32 Å². The van der Waals surface area contributed by atoms with Crippen LogP contribution in [0, 0.1) is 12.8 Å². The van der Waals surface area contributed by atoms with Gasteiger partial charge in [0.05, 0.1) is 18.0 Å².